The lowest BCUT2D eigenvalue weighted by Gasteiger charge is -2.21. The summed E-state index contributed by atoms with van der Waals surface area (Å²) in [7, 11) is 0. The number of ether oxygens (including phenoxy) is 2. The van der Waals surface area contributed by atoms with Gasteiger partial charge in [-0.1, -0.05) is 56.5 Å². The van der Waals surface area contributed by atoms with Crippen molar-refractivity contribution in [1.82, 2.24) is 0 Å². The molecule has 2 atom stereocenters. The molecule has 0 aliphatic rings. The van der Waals surface area contributed by atoms with Gasteiger partial charge in [-0.25, -0.2) is 0 Å². The monoisotopic (exact) mass is 308 g/mol. The topological polar surface area (TPSA) is 55.8 Å². The third-order valence-corrected chi connectivity index (χ3v) is 3.48. The van der Waals surface area contributed by atoms with Crippen LogP contribution >= 0.6 is 0 Å². The molecule has 4 nitrogen and oxygen atoms in total. The standard InChI is InChI=1S/C18H28O4/c1-3-4-6-11-17(20)12-18(14-21-15(2)19)22-13-16-9-7-5-8-10-16/h5,7-10,17-18,20H,3-4,6,11-14H2,1-2H3/t17-,18-/m1/s1. The highest BCUT2D eigenvalue weighted by molar-refractivity contribution is 5.65. The second-order valence-electron chi connectivity index (χ2n) is 5.61. The van der Waals surface area contributed by atoms with Gasteiger partial charge in [0.1, 0.15) is 6.61 Å². The Morgan fingerprint density at radius 2 is 1.95 bits per heavy atom. The van der Waals surface area contributed by atoms with Crippen molar-refractivity contribution in [3.05, 3.63) is 35.9 Å². The molecule has 0 heterocycles. The van der Waals surface area contributed by atoms with Crippen LogP contribution in [0.5, 0.6) is 0 Å². The van der Waals surface area contributed by atoms with Gasteiger partial charge in [0.05, 0.1) is 18.8 Å². The molecule has 0 saturated heterocycles. The van der Waals surface area contributed by atoms with Gasteiger partial charge in [0.25, 0.3) is 0 Å². The molecule has 0 amide bonds. The van der Waals surface area contributed by atoms with Crippen molar-refractivity contribution in [2.45, 2.75) is 64.8 Å². The smallest absolute Gasteiger partial charge is 0.302 e. The van der Waals surface area contributed by atoms with E-state index >= 15 is 0 Å². The van der Waals surface area contributed by atoms with Crippen molar-refractivity contribution < 1.29 is 19.4 Å². The highest BCUT2D eigenvalue weighted by Gasteiger charge is 2.17. The summed E-state index contributed by atoms with van der Waals surface area (Å²) in [4.78, 5) is 11.0. The van der Waals surface area contributed by atoms with Crippen molar-refractivity contribution in [1.29, 1.82) is 0 Å². The summed E-state index contributed by atoms with van der Waals surface area (Å²) in [5.74, 6) is -0.325. The molecule has 1 aromatic carbocycles. The minimum atomic E-state index is -0.414. The Balaban J connectivity index is 2.42. The van der Waals surface area contributed by atoms with Crippen LogP contribution in [0, 0.1) is 0 Å². The van der Waals surface area contributed by atoms with Crippen LogP contribution in [0.25, 0.3) is 0 Å². The summed E-state index contributed by atoms with van der Waals surface area (Å²) in [5.41, 5.74) is 1.07. The Hall–Kier alpha value is -1.39. The van der Waals surface area contributed by atoms with E-state index in [9.17, 15) is 9.90 Å². The van der Waals surface area contributed by atoms with Crippen LogP contribution in [0.15, 0.2) is 30.3 Å². The number of aliphatic hydroxyl groups is 1. The molecule has 0 aliphatic heterocycles. The van der Waals surface area contributed by atoms with E-state index in [1.54, 1.807) is 0 Å². The van der Waals surface area contributed by atoms with Crippen LogP contribution < -0.4 is 0 Å². The molecule has 1 N–H and O–H groups in total. The molecule has 0 bridgehead atoms. The van der Waals surface area contributed by atoms with Crippen LogP contribution in [0.2, 0.25) is 0 Å². The Morgan fingerprint density at radius 1 is 1.23 bits per heavy atom. The van der Waals surface area contributed by atoms with E-state index < -0.39 is 6.10 Å². The highest BCUT2D eigenvalue weighted by atomic mass is 16.6. The number of esters is 1. The van der Waals surface area contributed by atoms with Crippen LogP contribution in [0.4, 0.5) is 0 Å². The van der Waals surface area contributed by atoms with Gasteiger partial charge in [0.15, 0.2) is 0 Å². The fourth-order valence-electron chi connectivity index (χ4n) is 2.23. The second kappa shape index (κ2) is 11.2. The first-order valence-electron chi connectivity index (χ1n) is 8.08. The van der Waals surface area contributed by atoms with Crippen molar-refractivity contribution in [2.24, 2.45) is 0 Å². The molecule has 22 heavy (non-hydrogen) atoms. The van der Waals surface area contributed by atoms with Gasteiger partial charge in [-0.05, 0) is 12.0 Å². The quantitative estimate of drug-likeness (QED) is 0.502. The summed E-state index contributed by atoms with van der Waals surface area (Å²) < 4.78 is 10.9. The van der Waals surface area contributed by atoms with Gasteiger partial charge in [-0.15, -0.1) is 0 Å². The maximum Gasteiger partial charge on any atom is 0.302 e. The molecule has 0 aromatic heterocycles. The van der Waals surface area contributed by atoms with Gasteiger partial charge < -0.3 is 14.6 Å². The Kier molecular flexibility index (Phi) is 9.51. The first-order chi connectivity index (χ1) is 10.6. The highest BCUT2D eigenvalue weighted by Crippen LogP contribution is 2.13. The van der Waals surface area contributed by atoms with Crippen molar-refractivity contribution in [2.75, 3.05) is 6.61 Å². The molecule has 0 spiro atoms. The van der Waals surface area contributed by atoms with Crippen molar-refractivity contribution in [3.63, 3.8) is 0 Å². The summed E-state index contributed by atoms with van der Waals surface area (Å²) >= 11 is 0. The normalized spacial score (nSPS) is 13.6. The van der Waals surface area contributed by atoms with E-state index in [-0.39, 0.29) is 18.7 Å². The van der Waals surface area contributed by atoms with E-state index in [4.69, 9.17) is 9.47 Å². The van der Waals surface area contributed by atoms with E-state index in [1.807, 2.05) is 30.3 Å². The molecule has 1 rings (SSSR count). The van der Waals surface area contributed by atoms with Crippen molar-refractivity contribution in [3.8, 4) is 0 Å². The van der Waals surface area contributed by atoms with Gasteiger partial charge in [0, 0.05) is 13.3 Å². The van der Waals surface area contributed by atoms with Crippen LogP contribution in [0.1, 0.15) is 51.5 Å². The third-order valence-electron chi connectivity index (χ3n) is 3.48. The number of hydrogen-bond donors (Lipinski definition) is 1. The van der Waals surface area contributed by atoms with Crippen LogP contribution in [-0.4, -0.2) is 29.9 Å². The average molecular weight is 308 g/mol. The molecule has 0 aliphatic carbocycles. The molecule has 4 heteroatoms. The Labute approximate surface area is 133 Å². The maximum atomic E-state index is 11.0. The van der Waals surface area contributed by atoms with E-state index in [0.717, 1.165) is 31.2 Å². The predicted octanol–water partition coefficient (Wildman–Crippen LogP) is 3.47. The molecular formula is C18H28O4. The number of unbranched alkanes of at least 4 members (excludes halogenated alkanes) is 2. The summed E-state index contributed by atoms with van der Waals surface area (Å²) in [6.07, 6.45) is 3.83. The zero-order chi connectivity index (χ0) is 16.2. The summed E-state index contributed by atoms with van der Waals surface area (Å²) in [6.45, 7) is 4.16. The molecular weight excluding hydrogens is 280 g/mol. The minimum Gasteiger partial charge on any atom is -0.463 e. The number of carbonyl (C=O) groups excluding carboxylic acids is 1. The van der Waals surface area contributed by atoms with E-state index in [2.05, 4.69) is 6.92 Å². The largest absolute Gasteiger partial charge is 0.463 e. The van der Waals surface area contributed by atoms with Gasteiger partial charge >= 0.3 is 5.97 Å². The SMILES string of the molecule is CCCCC[C@@H](O)C[C@H](COC(C)=O)OCc1ccccc1. The number of aliphatic hydroxyl groups excluding tert-OH is 1. The van der Waals surface area contributed by atoms with Gasteiger partial charge in [-0.2, -0.15) is 0 Å². The summed E-state index contributed by atoms with van der Waals surface area (Å²) in [6, 6.07) is 9.84. The lowest BCUT2D eigenvalue weighted by atomic mass is 10.1. The van der Waals surface area contributed by atoms with E-state index in [0.29, 0.717) is 13.0 Å². The fourth-order valence-corrected chi connectivity index (χ4v) is 2.23. The average Bonchev–Trinajstić information content (AvgIpc) is 2.51. The van der Waals surface area contributed by atoms with Crippen LogP contribution in [0.3, 0.4) is 0 Å². The third kappa shape index (κ3) is 8.80. The molecule has 0 saturated carbocycles. The Morgan fingerprint density at radius 3 is 2.59 bits per heavy atom. The molecule has 1 aromatic rings. The van der Waals surface area contributed by atoms with Gasteiger partial charge in [0.2, 0.25) is 0 Å². The zero-order valence-corrected chi connectivity index (χ0v) is 13.7. The first kappa shape index (κ1) is 18.7. The number of rotatable bonds is 11. The van der Waals surface area contributed by atoms with Crippen LogP contribution in [-0.2, 0) is 20.9 Å². The van der Waals surface area contributed by atoms with Gasteiger partial charge in [-0.3, -0.25) is 4.79 Å². The predicted molar refractivity (Wildman–Crippen MR) is 86.4 cm³/mol. The molecule has 124 valence electrons. The second-order valence-corrected chi connectivity index (χ2v) is 5.61. The lowest BCUT2D eigenvalue weighted by molar-refractivity contribution is -0.146. The van der Waals surface area contributed by atoms with Crippen molar-refractivity contribution >= 4 is 5.97 Å². The fraction of sp³-hybridized carbons (Fsp3) is 0.611. The summed E-state index contributed by atoms with van der Waals surface area (Å²) in [5, 5.41) is 10.1. The molecule has 0 radical (unpaired) electrons. The van der Waals surface area contributed by atoms with E-state index in [1.165, 1.54) is 6.92 Å². The Bertz CT molecular complexity index is 405. The minimum absolute atomic E-state index is 0.188. The zero-order valence-electron chi connectivity index (χ0n) is 13.7. The number of hydrogen-bond acceptors (Lipinski definition) is 4. The number of benzene rings is 1. The molecule has 0 fully saturated rings. The maximum absolute atomic E-state index is 11.0. The first-order valence-corrected chi connectivity index (χ1v) is 8.08. The molecule has 0 unspecified atom stereocenters. The number of carbonyl (C=O) groups is 1. The lowest BCUT2D eigenvalue weighted by Crippen LogP contribution is -2.26.